The largest absolute Gasteiger partial charge is 0.392 e. The van der Waals surface area contributed by atoms with Crippen LogP contribution in [0.2, 0.25) is 0 Å². The maximum absolute atomic E-state index is 9.71. The van der Waals surface area contributed by atoms with Crippen LogP contribution in [0.15, 0.2) is 60.8 Å². The van der Waals surface area contributed by atoms with Crippen molar-refractivity contribution in [1.82, 2.24) is 9.97 Å². The number of aliphatic hydroxyl groups is 1. The molecular weight excluding hydrogens is 260 g/mol. The molecule has 0 amide bonds. The minimum atomic E-state index is -0.0199. The number of pyridine rings is 1. The summed E-state index contributed by atoms with van der Waals surface area (Å²) in [6, 6.07) is 18.1. The second kappa shape index (κ2) is 4.72. The predicted molar refractivity (Wildman–Crippen MR) is 85.0 cm³/mol. The van der Waals surface area contributed by atoms with E-state index in [0.717, 1.165) is 38.6 Å². The topological polar surface area (TPSA) is 48.9 Å². The Morgan fingerprint density at radius 2 is 1.90 bits per heavy atom. The summed E-state index contributed by atoms with van der Waals surface area (Å²) in [6.45, 7) is -0.0199. The molecular formula is C18H14N2O. The number of para-hydroxylation sites is 1. The summed E-state index contributed by atoms with van der Waals surface area (Å²) in [5.74, 6) is 0. The van der Waals surface area contributed by atoms with Gasteiger partial charge in [0.2, 0.25) is 0 Å². The van der Waals surface area contributed by atoms with Gasteiger partial charge in [-0.05, 0) is 24.3 Å². The van der Waals surface area contributed by atoms with Gasteiger partial charge in [0.15, 0.2) is 0 Å². The van der Waals surface area contributed by atoms with Gasteiger partial charge in [0.25, 0.3) is 0 Å². The summed E-state index contributed by atoms with van der Waals surface area (Å²) in [4.78, 5) is 7.99. The summed E-state index contributed by atoms with van der Waals surface area (Å²) >= 11 is 0. The van der Waals surface area contributed by atoms with E-state index < -0.39 is 0 Å². The Morgan fingerprint density at radius 1 is 1.00 bits per heavy atom. The smallest absolute Gasteiger partial charge is 0.0771 e. The van der Waals surface area contributed by atoms with Crippen LogP contribution in [0.5, 0.6) is 0 Å². The second-order valence-electron chi connectivity index (χ2n) is 5.09. The van der Waals surface area contributed by atoms with Crippen molar-refractivity contribution in [2.45, 2.75) is 6.61 Å². The normalized spacial score (nSPS) is 11.3. The van der Waals surface area contributed by atoms with Crippen molar-refractivity contribution in [1.29, 1.82) is 0 Å². The molecule has 0 aliphatic carbocycles. The molecule has 0 saturated carbocycles. The Labute approximate surface area is 121 Å². The van der Waals surface area contributed by atoms with Crippen LogP contribution < -0.4 is 0 Å². The van der Waals surface area contributed by atoms with Crippen molar-refractivity contribution in [3.05, 3.63) is 66.4 Å². The van der Waals surface area contributed by atoms with Crippen LogP contribution in [-0.4, -0.2) is 15.1 Å². The summed E-state index contributed by atoms with van der Waals surface area (Å²) in [7, 11) is 0. The van der Waals surface area contributed by atoms with Crippen LogP contribution in [0.3, 0.4) is 0 Å². The lowest BCUT2D eigenvalue weighted by Gasteiger charge is -2.10. The number of hydrogen-bond acceptors (Lipinski definition) is 2. The number of rotatable bonds is 2. The van der Waals surface area contributed by atoms with Gasteiger partial charge < -0.3 is 10.1 Å². The maximum Gasteiger partial charge on any atom is 0.0771 e. The Balaban J connectivity index is 2.07. The highest BCUT2D eigenvalue weighted by Gasteiger charge is 2.11. The quantitative estimate of drug-likeness (QED) is 0.583. The van der Waals surface area contributed by atoms with E-state index in [2.05, 4.69) is 4.98 Å². The molecule has 0 aliphatic heterocycles. The zero-order valence-corrected chi connectivity index (χ0v) is 11.4. The number of aromatic nitrogens is 2. The standard InChI is InChI=1S/C18H14N2O/c21-11-13-10-12-4-1-2-6-16(12)20-18(13)15-5-3-7-17-14(15)8-9-19-17/h1-10,19,21H,11H2. The van der Waals surface area contributed by atoms with E-state index >= 15 is 0 Å². The van der Waals surface area contributed by atoms with Crippen LogP contribution in [-0.2, 0) is 6.61 Å². The molecule has 2 N–H and O–H groups in total. The molecule has 0 bridgehead atoms. The average molecular weight is 274 g/mol. The van der Waals surface area contributed by atoms with Gasteiger partial charge in [0.05, 0.1) is 17.8 Å². The van der Waals surface area contributed by atoms with Gasteiger partial charge in [-0.15, -0.1) is 0 Å². The minimum Gasteiger partial charge on any atom is -0.392 e. The van der Waals surface area contributed by atoms with E-state index in [0.29, 0.717) is 0 Å². The van der Waals surface area contributed by atoms with Gasteiger partial charge in [0, 0.05) is 33.6 Å². The van der Waals surface area contributed by atoms with E-state index in [9.17, 15) is 5.11 Å². The number of nitrogens with zero attached hydrogens (tertiary/aromatic N) is 1. The zero-order chi connectivity index (χ0) is 14.2. The second-order valence-corrected chi connectivity index (χ2v) is 5.09. The molecule has 21 heavy (non-hydrogen) atoms. The fourth-order valence-electron chi connectivity index (χ4n) is 2.81. The highest BCUT2D eigenvalue weighted by atomic mass is 16.3. The van der Waals surface area contributed by atoms with E-state index in [1.54, 1.807) is 0 Å². The molecule has 0 fully saturated rings. The monoisotopic (exact) mass is 274 g/mol. The molecule has 0 spiro atoms. The van der Waals surface area contributed by atoms with Crippen molar-refractivity contribution in [3.8, 4) is 11.3 Å². The number of fused-ring (bicyclic) bond motifs is 2. The molecule has 102 valence electrons. The lowest BCUT2D eigenvalue weighted by Crippen LogP contribution is -1.95. The van der Waals surface area contributed by atoms with Gasteiger partial charge in [-0.25, -0.2) is 4.98 Å². The van der Waals surface area contributed by atoms with Crippen molar-refractivity contribution in [3.63, 3.8) is 0 Å². The molecule has 3 nitrogen and oxygen atoms in total. The van der Waals surface area contributed by atoms with Crippen LogP contribution in [0.25, 0.3) is 33.1 Å². The van der Waals surface area contributed by atoms with Crippen molar-refractivity contribution in [2.24, 2.45) is 0 Å². The summed E-state index contributed by atoms with van der Waals surface area (Å²) in [6.07, 6.45) is 1.92. The number of hydrogen-bond donors (Lipinski definition) is 2. The Morgan fingerprint density at radius 3 is 2.81 bits per heavy atom. The highest BCUT2D eigenvalue weighted by molar-refractivity contribution is 5.96. The van der Waals surface area contributed by atoms with Gasteiger partial charge >= 0.3 is 0 Å². The predicted octanol–water partition coefficient (Wildman–Crippen LogP) is 3.88. The fraction of sp³-hybridized carbons (Fsp3) is 0.0556. The molecule has 2 aromatic carbocycles. The van der Waals surface area contributed by atoms with Gasteiger partial charge in [-0.2, -0.15) is 0 Å². The SMILES string of the molecule is OCc1cc2ccccc2nc1-c1cccc2[nH]ccc12. The first-order valence-electron chi connectivity index (χ1n) is 6.93. The van der Waals surface area contributed by atoms with Gasteiger partial charge in [0.1, 0.15) is 0 Å². The first-order valence-corrected chi connectivity index (χ1v) is 6.93. The lowest BCUT2D eigenvalue weighted by atomic mass is 10.0. The molecule has 0 radical (unpaired) electrons. The molecule has 2 heterocycles. The molecule has 0 atom stereocenters. The van der Waals surface area contributed by atoms with Crippen LogP contribution in [0.4, 0.5) is 0 Å². The number of aliphatic hydroxyl groups excluding tert-OH is 1. The molecule has 2 aromatic heterocycles. The van der Waals surface area contributed by atoms with Crippen LogP contribution in [0, 0.1) is 0 Å². The number of nitrogens with one attached hydrogen (secondary N) is 1. The minimum absolute atomic E-state index is 0.0199. The summed E-state index contributed by atoms with van der Waals surface area (Å²) in [5.41, 5.74) is 4.76. The molecule has 4 aromatic rings. The van der Waals surface area contributed by atoms with Crippen LogP contribution in [0.1, 0.15) is 5.56 Å². The lowest BCUT2D eigenvalue weighted by molar-refractivity contribution is 0.282. The first-order chi connectivity index (χ1) is 10.4. The zero-order valence-electron chi connectivity index (χ0n) is 11.4. The molecule has 0 unspecified atom stereocenters. The Hall–Kier alpha value is -2.65. The van der Waals surface area contributed by atoms with E-state index in [4.69, 9.17) is 4.98 Å². The first kappa shape index (κ1) is 12.1. The third-order valence-electron chi connectivity index (χ3n) is 3.82. The number of aromatic amines is 1. The van der Waals surface area contributed by atoms with Crippen LogP contribution >= 0.6 is 0 Å². The van der Waals surface area contributed by atoms with Gasteiger partial charge in [-0.3, -0.25) is 0 Å². The van der Waals surface area contributed by atoms with Crippen molar-refractivity contribution in [2.75, 3.05) is 0 Å². The van der Waals surface area contributed by atoms with E-state index in [1.807, 2.05) is 60.8 Å². The highest BCUT2D eigenvalue weighted by Crippen LogP contribution is 2.31. The molecule has 4 rings (SSSR count). The third kappa shape index (κ3) is 1.90. The average Bonchev–Trinajstić information content (AvgIpc) is 3.02. The van der Waals surface area contributed by atoms with E-state index in [-0.39, 0.29) is 6.61 Å². The number of H-pyrrole nitrogens is 1. The summed E-state index contributed by atoms with van der Waals surface area (Å²) in [5, 5.41) is 11.9. The molecule has 0 aliphatic rings. The van der Waals surface area contributed by atoms with Crippen molar-refractivity contribution >= 4 is 21.8 Å². The maximum atomic E-state index is 9.71. The Bertz CT molecular complexity index is 940. The third-order valence-corrected chi connectivity index (χ3v) is 3.82. The van der Waals surface area contributed by atoms with Gasteiger partial charge in [-0.1, -0.05) is 30.3 Å². The molecule has 0 saturated heterocycles. The summed E-state index contributed by atoms with van der Waals surface area (Å²) < 4.78 is 0. The van der Waals surface area contributed by atoms with Crippen molar-refractivity contribution < 1.29 is 5.11 Å². The Kier molecular flexibility index (Phi) is 2.72. The number of benzene rings is 2. The molecule has 3 heteroatoms. The fourth-order valence-corrected chi connectivity index (χ4v) is 2.81. The van der Waals surface area contributed by atoms with E-state index in [1.165, 1.54) is 0 Å².